The summed E-state index contributed by atoms with van der Waals surface area (Å²) >= 11 is 0. The van der Waals surface area contributed by atoms with E-state index < -0.39 is 0 Å². The number of anilines is 1. The van der Waals surface area contributed by atoms with Crippen LogP contribution in [0.2, 0.25) is 0 Å². The van der Waals surface area contributed by atoms with Gasteiger partial charge in [-0.3, -0.25) is 4.79 Å². The molecule has 1 fully saturated rings. The first kappa shape index (κ1) is 12.9. The highest BCUT2D eigenvalue weighted by atomic mass is 16.5. The first-order valence-electron chi connectivity index (χ1n) is 6.36. The lowest BCUT2D eigenvalue weighted by molar-refractivity contribution is -0.120. The molecular formula is C14H20N2O2. The Labute approximate surface area is 108 Å². The number of hydrogen-bond donors (Lipinski definition) is 2. The summed E-state index contributed by atoms with van der Waals surface area (Å²) in [6.45, 7) is 4.99. The van der Waals surface area contributed by atoms with Gasteiger partial charge in [-0.05, 0) is 50.5 Å². The molecule has 1 saturated carbocycles. The highest BCUT2D eigenvalue weighted by molar-refractivity contribution is 5.97. The molecule has 1 aromatic carbocycles. The molecule has 0 aromatic heterocycles. The van der Waals surface area contributed by atoms with Crippen molar-refractivity contribution in [1.29, 1.82) is 0 Å². The molecule has 4 heteroatoms. The summed E-state index contributed by atoms with van der Waals surface area (Å²) in [5.74, 6) is 0.893. The second kappa shape index (κ2) is 4.98. The molecule has 2 rings (SSSR count). The fourth-order valence-electron chi connectivity index (χ4n) is 1.98. The first-order valence-corrected chi connectivity index (χ1v) is 6.36. The van der Waals surface area contributed by atoms with Crippen LogP contribution in [0.4, 0.5) is 5.69 Å². The van der Waals surface area contributed by atoms with Crippen molar-refractivity contribution >= 4 is 11.6 Å². The lowest BCUT2D eigenvalue weighted by Crippen LogP contribution is -2.30. The highest BCUT2D eigenvalue weighted by Gasteiger charge is 2.48. The molecule has 0 radical (unpaired) electrons. The monoisotopic (exact) mass is 248 g/mol. The maximum atomic E-state index is 12.0. The van der Waals surface area contributed by atoms with Gasteiger partial charge in [-0.15, -0.1) is 0 Å². The van der Waals surface area contributed by atoms with Gasteiger partial charge in [0.2, 0.25) is 5.91 Å². The van der Waals surface area contributed by atoms with Gasteiger partial charge in [0.25, 0.3) is 0 Å². The van der Waals surface area contributed by atoms with Crippen LogP contribution in [-0.2, 0) is 4.79 Å². The third-order valence-electron chi connectivity index (χ3n) is 3.46. The van der Waals surface area contributed by atoms with Crippen LogP contribution < -0.4 is 15.8 Å². The Balaban J connectivity index is 2.06. The minimum Gasteiger partial charge on any atom is -0.494 e. The molecule has 4 nitrogen and oxygen atoms in total. The second-order valence-electron chi connectivity index (χ2n) is 4.85. The van der Waals surface area contributed by atoms with E-state index >= 15 is 0 Å². The third-order valence-corrected chi connectivity index (χ3v) is 3.46. The van der Waals surface area contributed by atoms with E-state index in [0.717, 1.165) is 29.8 Å². The van der Waals surface area contributed by atoms with E-state index in [1.807, 2.05) is 32.0 Å². The predicted octanol–water partition coefficient (Wildman–Crippen LogP) is 2.07. The molecule has 98 valence electrons. The van der Waals surface area contributed by atoms with E-state index in [2.05, 4.69) is 5.32 Å². The van der Waals surface area contributed by atoms with Crippen LogP contribution in [0.3, 0.4) is 0 Å². The average molecular weight is 248 g/mol. The van der Waals surface area contributed by atoms with Gasteiger partial charge in [-0.2, -0.15) is 0 Å². The van der Waals surface area contributed by atoms with Gasteiger partial charge in [-0.1, -0.05) is 0 Å². The molecule has 0 atom stereocenters. The normalized spacial score (nSPS) is 16.2. The summed E-state index contributed by atoms with van der Waals surface area (Å²) in [6, 6.07) is 5.68. The number of amides is 1. The van der Waals surface area contributed by atoms with Crippen LogP contribution in [-0.4, -0.2) is 19.1 Å². The van der Waals surface area contributed by atoms with Gasteiger partial charge in [0.15, 0.2) is 0 Å². The molecule has 1 amide bonds. The number of hydrogen-bond acceptors (Lipinski definition) is 3. The zero-order valence-electron chi connectivity index (χ0n) is 11.0. The van der Waals surface area contributed by atoms with Gasteiger partial charge < -0.3 is 15.8 Å². The van der Waals surface area contributed by atoms with Crippen molar-refractivity contribution in [2.75, 3.05) is 18.5 Å². The maximum absolute atomic E-state index is 12.0. The number of benzene rings is 1. The highest BCUT2D eigenvalue weighted by Crippen LogP contribution is 2.45. The van der Waals surface area contributed by atoms with Gasteiger partial charge in [0.1, 0.15) is 5.75 Å². The number of carbonyl (C=O) groups excluding carboxylic acids is 1. The molecule has 1 aromatic rings. The Bertz CT molecular complexity index is 453. The van der Waals surface area contributed by atoms with E-state index in [1.54, 1.807) is 0 Å². The Morgan fingerprint density at radius 1 is 1.50 bits per heavy atom. The van der Waals surface area contributed by atoms with Crippen LogP contribution >= 0.6 is 0 Å². The largest absolute Gasteiger partial charge is 0.494 e. The Hall–Kier alpha value is -1.55. The summed E-state index contributed by atoms with van der Waals surface area (Å²) in [4.78, 5) is 12.0. The van der Waals surface area contributed by atoms with Crippen molar-refractivity contribution in [3.63, 3.8) is 0 Å². The summed E-state index contributed by atoms with van der Waals surface area (Å²) in [6.07, 6.45) is 1.79. The fourth-order valence-corrected chi connectivity index (χ4v) is 1.98. The van der Waals surface area contributed by atoms with Gasteiger partial charge in [0, 0.05) is 12.2 Å². The number of carbonyl (C=O) groups is 1. The third kappa shape index (κ3) is 2.48. The summed E-state index contributed by atoms with van der Waals surface area (Å²) in [5.41, 5.74) is 7.15. The van der Waals surface area contributed by atoms with E-state index in [0.29, 0.717) is 13.2 Å². The number of aryl methyl sites for hydroxylation is 1. The smallest absolute Gasteiger partial charge is 0.231 e. The van der Waals surface area contributed by atoms with Crippen molar-refractivity contribution in [3.8, 4) is 5.75 Å². The quantitative estimate of drug-likeness (QED) is 0.838. The number of ether oxygens (including phenoxy) is 1. The van der Waals surface area contributed by atoms with Gasteiger partial charge in [-0.25, -0.2) is 0 Å². The zero-order chi connectivity index (χ0) is 13.2. The summed E-state index contributed by atoms with van der Waals surface area (Å²) in [5, 5.41) is 2.93. The van der Waals surface area contributed by atoms with E-state index in [4.69, 9.17) is 10.5 Å². The molecule has 1 aliphatic rings. The molecule has 1 aliphatic carbocycles. The van der Waals surface area contributed by atoms with Crippen molar-refractivity contribution < 1.29 is 9.53 Å². The fraction of sp³-hybridized carbons (Fsp3) is 0.500. The average Bonchev–Trinajstić information content (AvgIpc) is 3.14. The molecule has 0 saturated heterocycles. The lowest BCUT2D eigenvalue weighted by Gasteiger charge is -2.14. The van der Waals surface area contributed by atoms with Crippen LogP contribution in [0.25, 0.3) is 0 Å². The molecule has 0 aliphatic heterocycles. The van der Waals surface area contributed by atoms with Crippen LogP contribution in [0.1, 0.15) is 25.3 Å². The number of nitrogens with one attached hydrogen (secondary N) is 1. The van der Waals surface area contributed by atoms with E-state index in [-0.39, 0.29) is 11.3 Å². The molecule has 0 unspecified atom stereocenters. The first-order chi connectivity index (χ1) is 8.61. The molecular weight excluding hydrogens is 228 g/mol. The van der Waals surface area contributed by atoms with Gasteiger partial charge >= 0.3 is 0 Å². The number of nitrogens with two attached hydrogens (primary N) is 1. The minimum atomic E-state index is -0.313. The number of rotatable bonds is 5. The Kier molecular flexibility index (Phi) is 3.57. The SMILES string of the molecule is CCOc1ccc(NC(=O)C2(CN)CC2)cc1C. The van der Waals surface area contributed by atoms with E-state index in [1.165, 1.54) is 0 Å². The van der Waals surface area contributed by atoms with Crippen molar-refractivity contribution in [3.05, 3.63) is 23.8 Å². The van der Waals surface area contributed by atoms with Crippen molar-refractivity contribution in [2.45, 2.75) is 26.7 Å². The predicted molar refractivity (Wildman–Crippen MR) is 71.7 cm³/mol. The topological polar surface area (TPSA) is 64.3 Å². The summed E-state index contributed by atoms with van der Waals surface area (Å²) in [7, 11) is 0. The lowest BCUT2D eigenvalue weighted by atomic mass is 10.1. The molecule has 18 heavy (non-hydrogen) atoms. The van der Waals surface area contributed by atoms with E-state index in [9.17, 15) is 4.79 Å². The Morgan fingerprint density at radius 3 is 2.72 bits per heavy atom. The second-order valence-corrected chi connectivity index (χ2v) is 4.85. The Morgan fingerprint density at radius 2 is 2.22 bits per heavy atom. The van der Waals surface area contributed by atoms with Crippen molar-refractivity contribution in [2.24, 2.45) is 11.1 Å². The maximum Gasteiger partial charge on any atom is 0.231 e. The van der Waals surface area contributed by atoms with Gasteiger partial charge in [0.05, 0.1) is 12.0 Å². The summed E-state index contributed by atoms with van der Waals surface area (Å²) < 4.78 is 5.46. The molecule has 3 N–H and O–H groups in total. The van der Waals surface area contributed by atoms with Crippen LogP contribution in [0.15, 0.2) is 18.2 Å². The van der Waals surface area contributed by atoms with Crippen molar-refractivity contribution in [1.82, 2.24) is 0 Å². The van der Waals surface area contributed by atoms with Crippen LogP contribution in [0.5, 0.6) is 5.75 Å². The zero-order valence-corrected chi connectivity index (χ0v) is 11.0. The van der Waals surface area contributed by atoms with Crippen LogP contribution in [0, 0.1) is 12.3 Å². The molecule has 0 spiro atoms. The molecule has 0 bridgehead atoms. The minimum absolute atomic E-state index is 0.0357. The standard InChI is InChI=1S/C14H20N2O2/c1-3-18-12-5-4-11(8-10(12)2)16-13(17)14(9-15)6-7-14/h4-5,8H,3,6-7,9,15H2,1-2H3,(H,16,17). The molecule has 0 heterocycles.